The summed E-state index contributed by atoms with van der Waals surface area (Å²) in [4.78, 5) is 20.7. The fourth-order valence-electron chi connectivity index (χ4n) is 0.810. The molecule has 0 bridgehead atoms. The summed E-state index contributed by atoms with van der Waals surface area (Å²) in [5.74, 6) is 0.131. The molecule has 14 heavy (non-hydrogen) atoms. The second-order valence-corrected chi connectivity index (χ2v) is 5.19. The molecule has 0 spiro atoms. The summed E-state index contributed by atoms with van der Waals surface area (Å²) in [5.41, 5.74) is 10.2. The Morgan fingerprint density at radius 1 is 1.57 bits per heavy atom. The molecule has 2 atom stereocenters. The molecule has 0 aromatic rings. The maximum atomic E-state index is 10.4. The lowest BCUT2D eigenvalue weighted by atomic mass is 10.4. The van der Waals surface area contributed by atoms with E-state index >= 15 is 0 Å². The average Bonchev–Trinajstić information content (AvgIpc) is 2.02. The van der Waals surface area contributed by atoms with Gasteiger partial charge in [-0.2, -0.15) is 0 Å². The van der Waals surface area contributed by atoms with Gasteiger partial charge in [0.15, 0.2) is 0 Å². The van der Waals surface area contributed by atoms with Crippen LogP contribution in [-0.2, 0) is 15.7 Å². The lowest BCUT2D eigenvalue weighted by Crippen LogP contribution is -2.40. The van der Waals surface area contributed by atoms with Crippen molar-refractivity contribution in [3.63, 3.8) is 0 Å². The number of carbonyl (C=O) groups is 2. The van der Waals surface area contributed by atoms with Crippen LogP contribution in [0.4, 0.5) is 4.79 Å². The van der Waals surface area contributed by atoms with Gasteiger partial charge in [-0.05, 0) is 10.9 Å². The van der Waals surface area contributed by atoms with Crippen LogP contribution in [0.2, 0.25) is 0 Å². The number of nitrogens with one attached hydrogen (secondary N) is 1. The van der Waals surface area contributed by atoms with E-state index in [1.54, 1.807) is 0 Å². The number of nitrogens with two attached hydrogens (primary N) is 2. The Balaban J connectivity index is 3.59. The predicted molar refractivity (Wildman–Crippen MR) is 56.2 cm³/mol. The lowest BCUT2D eigenvalue weighted by Gasteiger charge is -2.06. The van der Waals surface area contributed by atoms with Gasteiger partial charge >= 0.3 is 12.0 Å². The zero-order valence-corrected chi connectivity index (χ0v) is 8.84. The highest BCUT2D eigenvalue weighted by atomic mass is 32.2. The number of hydrogen-bond acceptors (Lipinski definition) is 3. The van der Waals surface area contributed by atoms with E-state index in [1.807, 2.05) is 6.26 Å². The largest absolute Gasteiger partial charge is 0.480 e. The second-order valence-electron chi connectivity index (χ2n) is 2.89. The average molecular weight is 222 g/mol. The normalized spacial score (nSPS) is 14.4. The van der Waals surface area contributed by atoms with Gasteiger partial charge in [-0.3, -0.25) is 4.79 Å². The van der Waals surface area contributed by atoms with Crippen molar-refractivity contribution in [1.82, 2.24) is 5.32 Å². The van der Waals surface area contributed by atoms with Gasteiger partial charge in [0, 0.05) is 0 Å². The molecule has 0 aromatic heterocycles. The number of amides is 2. The molecule has 0 saturated carbocycles. The molecule has 0 aromatic carbocycles. The smallest absolute Gasteiger partial charge is 0.325 e. The summed E-state index contributed by atoms with van der Waals surface area (Å²) in [7, 11) is -0.113. The summed E-state index contributed by atoms with van der Waals surface area (Å²) in [5, 5.41) is 11.0. The van der Waals surface area contributed by atoms with Crippen LogP contribution < -0.4 is 16.8 Å². The topological polar surface area (TPSA) is 118 Å². The zero-order valence-electron chi connectivity index (χ0n) is 8.03. The molecule has 6 nitrogen and oxygen atoms in total. The molecule has 82 valence electrons. The van der Waals surface area contributed by atoms with Crippen LogP contribution in [0.25, 0.3) is 0 Å². The van der Waals surface area contributed by atoms with E-state index in [1.165, 1.54) is 0 Å². The number of rotatable bonds is 6. The van der Waals surface area contributed by atoms with E-state index in [2.05, 4.69) is 5.32 Å². The summed E-state index contributed by atoms with van der Waals surface area (Å²) >= 11 is 0. The summed E-state index contributed by atoms with van der Waals surface area (Å²) in [6.07, 6.45) is 1.91. The number of carboxylic acids is 1. The van der Waals surface area contributed by atoms with Crippen molar-refractivity contribution in [3.8, 4) is 0 Å². The maximum absolute atomic E-state index is 10.4. The highest BCUT2D eigenvalue weighted by Gasteiger charge is 2.21. The second kappa shape index (κ2) is 6.50. The quantitative estimate of drug-likeness (QED) is 0.401. The predicted octanol–water partition coefficient (Wildman–Crippen LogP) is -1.69. The molecule has 0 rings (SSSR count). The molecule has 2 unspecified atom stereocenters. The zero-order chi connectivity index (χ0) is 11.1. The standard InChI is InChI=1S/C7H15N3O3S/c1-14(3-2-10-7(9)13)4-5(8)6(11)12/h5H,2-4,8H2,1H3,(H3-,9,10,11,12,13)/p+1. The summed E-state index contributed by atoms with van der Waals surface area (Å²) < 4.78 is 0. The van der Waals surface area contributed by atoms with Crippen LogP contribution in [0.3, 0.4) is 0 Å². The molecule has 0 aliphatic rings. The third kappa shape index (κ3) is 6.55. The van der Waals surface area contributed by atoms with Crippen LogP contribution in [0.5, 0.6) is 0 Å². The van der Waals surface area contributed by atoms with Gasteiger partial charge in [0.2, 0.25) is 0 Å². The van der Waals surface area contributed by atoms with E-state index in [4.69, 9.17) is 16.6 Å². The van der Waals surface area contributed by atoms with Crippen molar-refractivity contribution >= 4 is 22.9 Å². The Morgan fingerprint density at radius 2 is 2.14 bits per heavy atom. The molecule has 7 heteroatoms. The number of urea groups is 1. The van der Waals surface area contributed by atoms with Gasteiger partial charge in [-0.1, -0.05) is 0 Å². The molecule has 0 radical (unpaired) electrons. The Morgan fingerprint density at radius 3 is 2.57 bits per heavy atom. The molecule has 0 aliphatic heterocycles. The molecule has 2 amide bonds. The lowest BCUT2D eigenvalue weighted by molar-refractivity contribution is -0.137. The van der Waals surface area contributed by atoms with Gasteiger partial charge in [0.1, 0.15) is 17.5 Å². The van der Waals surface area contributed by atoms with Crippen LogP contribution in [-0.4, -0.2) is 47.5 Å². The van der Waals surface area contributed by atoms with Crippen molar-refractivity contribution in [3.05, 3.63) is 0 Å². The number of carboxylic acid groups (broad SMARTS) is 1. The van der Waals surface area contributed by atoms with Crippen LogP contribution in [0.15, 0.2) is 0 Å². The van der Waals surface area contributed by atoms with Crippen molar-refractivity contribution in [2.75, 3.05) is 24.3 Å². The maximum Gasteiger partial charge on any atom is 0.325 e. The molecule has 0 fully saturated rings. The summed E-state index contributed by atoms with van der Waals surface area (Å²) in [6.45, 7) is 0.460. The van der Waals surface area contributed by atoms with E-state index in [9.17, 15) is 9.59 Å². The fourth-order valence-corrected chi connectivity index (χ4v) is 2.18. The highest BCUT2D eigenvalue weighted by Crippen LogP contribution is 1.93. The Labute approximate surface area is 85.4 Å². The highest BCUT2D eigenvalue weighted by molar-refractivity contribution is 7.96. The van der Waals surface area contributed by atoms with Gasteiger partial charge < -0.3 is 21.9 Å². The van der Waals surface area contributed by atoms with Crippen molar-refractivity contribution in [2.45, 2.75) is 6.04 Å². The number of hydrogen-bond donors (Lipinski definition) is 4. The SMILES string of the molecule is C[S+](CCNC(N)=O)CC(N)C(=O)O. The first-order chi connectivity index (χ1) is 6.43. The Hall–Kier alpha value is -0.950. The van der Waals surface area contributed by atoms with Gasteiger partial charge in [0.05, 0.1) is 12.8 Å². The minimum atomic E-state index is -0.993. The van der Waals surface area contributed by atoms with E-state index in [0.717, 1.165) is 0 Å². The first-order valence-electron chi connectivity index (χ1n) is 4.04. The van der Waals surface area contributed by atoms with Crippen LogP contribution in [0, 0.1) is 0 Å². The van der Waals surface area contributed by atoms with E-state index < -0.39 is 18.0 Å². The van der Waals surface area contributed by atoms with Gasteiger partial charge in [0.25, 0.3) is 0 Å². The molecular formula is C7H16N3O3S+. The third-order valence-corrected chi connectivity index (χ3v) is 3.36. The first kappa shape index (κ1) is 13.1. The number of aliphatic carboxylic acids is 1. The van der Waals surface area contributed by atoms with Crippen LogP contribution in [0.1, 0.15) is 0 Å². The van der Waals surface area contributed by atoms with Gasteiger partial charge in [-0.25, -0.2) is 4.79 Å². The number of carbonyl (C=O) groups excluding carboxylic acids is 1. The minimum absolute atomic E-state index is 0.113. The first-order valence-corrected chi connectivity index (χ1v) is 6.01. The fraction of sp³-hybridized carbons (Fsp3) is 0.714. The van der Waals surface area contributed by atoms with E-state index in [0.29, 0.717) is 18.1 Å². The molecular weight excluding hydrogens is 206 g/mol. The molecule has 0 aliphatic carbocycles. The van der Waals surface area contributed by atoms with E-state index in [-0.39, 0.29) is 10.9 Å². The monoisotopic (exact) mass is 222 g/mol. The third-order valence-electron chi connectivity index (χ3n) is 1.53. The van der Waals surface area contributed by atoms with Crippen molar-refractivity contribution < 1.29 is 14.7 Å². The van der Waals surface area contributed by atoms with Crippen LogP contribution >= 0.6 is 0 Å². The van der Waals surface area contributed by atoms with Crippen molar-refractivity contribution in [2.24, 2.45) is 11.5 Å². The minimum Gasteiger partial charge on any atom is -0.480 e. The van der Waals surface area contributed by atoms with Crippen molar-refractivity contribution in [1.29, 1.82) is 0 Å². The Kier molecular flexibility index (Phi) is 6.06. The summed E-state index contributed by atoms with van der Waals surface area (Å²) in [6, 6.07) is -1.39. The molecule has 0 heterocycles. The number of primary amides is 1. The Bertz CT molecular complexity index is 212. The molecule has 6 N–H and O–H groups in total. The van der Waals surface area contributed by atoms with Gasteiger partial charge in [-0.15, -0.1) is 0 Å². The molecule has 0 saturated heterocycles.